The lowest BCUT2D eigenvalue weighted by molar-refractivity contribution is -0.00491. The van der Waals surface area contributed by atoms with Crippen LogP contribution in [0.1, 0.15) is 0 Å². The molecule has 0 radical (unpaired) electrons. The van der Waals surface area contributed by atoms with Crippen LogP contribution in [-0.2, 0) is 4.74 Å². The van der Waals surface area contributed by atoms with E-state index in [4.69, 9.17) is 10.6 Å². The fourth-order valence-electron chi connectivity index (χ4n) is 0.332. The van der Waals surface area contributed by atoms with Gasteiger partial charge < -0.3 is 4.74 Å². The highest BCUT2D eigenvalue weighted by Gasteiger charge is 2.14. The quantitative estimate of drug-likeness (QED) is 0.464. The van der Waals surface area contributed by atoms with E-state index >= 15 is 0 Å². The van der Waals surface area contributed by atoms with Crippen LogP contribution in [0, 0.1) is 0 Å². The zero-order valence-corrected chi connectivity index (χ0v) is 7.15. The molecule has 0 aliphatic carbocycles. The molecule has 0 saturated carbocycles. The van der Waals surface area contributed by atoms with Gasteiger partial charge in [-0.25, -0.2) is 0 Å². The minimum absolute atomic E-state index is 0. The van der Waals surface area contributed by atoms with Crippen LogP contribution in [0.2, 0.25) is 0 Å². The molecular formula is C3H11Cl3N2O. The van der Waals surface area contributed by atoms with Gasteiger partial charge in [0, 0.05) is 0 Å². The summed E-state index contributed by atoms with van der Waals surface area (Å²) in [5, 5.41) is 0. The second-order valence-corrected chi connectivity index (χ2v) is 1.40. The van der Waals surface area contributed by atoms with Gasteiger partial charge in [0.15, 0.2) is 0 Å². The zero-order valence-electron chi connectivity index (χ0n) is 4.70. The molecule has 0 aromatic heterocycles. The number of hydrogen-bond donors (Lipinski definition) is 2. The van der Waals surface area contributed by atoms with E-state index in [9.17, 15) is 0 Å². The summed E-state index contributed by atoms with van der Waals surface area (Å²) in [5.41, 5.74) is 2.58. The highest BCUT2D eigenvalue weighted by Crippen LogP contribution is 1.95. The summed E-state index contributed by atoms with van der Waals surface area (Å²) < 4.78 is 4.78. The number of rotatable bonds is 1. The second kappa shape index (κ2) is 8.75. The first-order chi connectivity index (χ1) is 2.93. The maximum atomic E-state index is 5.00. The lowest BCUT2D eigenvalue weighted by Crippen LogP contribution is -2.49. The molecule has 1 aliphatic heterocycles. The Kier molecular flexibility index (Phi) is 15.9. The first-order valence-corrected chi connectivity index (χ1v) is 1.97. The lowest BCUT2D eigenvalue weighted by atomic mass is 10.3. The second-order valence-electron chi connectivity index (χ2n) is 1.40. The van der Waals surface area contributed by atoms with E-state index in [0.29, 0.717) is 6.04 Å². The molecule has 0 amide bonds. The average molecular weight is 197 g/mol. The summed E-state index contributed by atoms with van der Waals surface area (Å²) in [5.74, 6) is 5.00. The van der Waals surface area contributed by atoms with Crippen LogP contribution >= 0.6 is 37.2 Å². The van der Waals surface area contributed by atoms with E-state index in [0.717, 1.165) is 13.2 Å². The minimum atomic E-state index is 0. The molecule has 1 saturated heterocycles. The summed E-state index contributed by atoms with van der Waals surface area (Å²) in [6, 6.07) is 0.421. The van der Waals surface area contributed by atoms with E-state index in [-0.39, 0.29) is 37.2 Å². The molecule has 3 N–H and O–H groups in total. The molecule has 1 heterocycles. The third-order valence-corrected chi connectivity index (χ3v) is 0.874. The molecule has 9 heavy (non-hydrogen) atoms. The van der Waals surface area contributed by atoms with Crippen molar-refractivity contribution in [3.05, 3.63) is 0 Å². The molecular weight excluding hydrogens is 186 g/mol. The Morgan fingerprint density at radius 1 is 1.22 bits per heavy atom. The number of hydrogen-bond acceptors (Lipinski definition) is 3. The predicted octanol–water partition coefficient (Wildman–Crippen LogP) is 0.114. The summed E-state index contributed by atoms with van der Waals surface area (Å²) in [6.07, 6.45) is 0. The molecule has 0 bridgehead atoms. The van der Waals surface area contributed by atoms with Crippen molar-refractivity contribution >= 4 is 37.2 Å². The van der Waals surface area contributed by atoms with Gasteiger partial charge in [-0.1, -0.05) is 0 Å². The van der Waals surface area contributed by atoms with Crippen LogP contribution < -0.4 is 11.3 Å². The molecule has 0 aromatic rings. The van der Waals surface area contributed by atoms with Gasteiger partial charge in [-0.15, -0.1) is 37.2 Å². The van der Waals surface area contributed by atoms with Crippen LogP contribution in [0.25, 0.3) is 0 Å². The van der Waals surface area contributed by atoms with Crippen molar-refractivity contribution in [3.63, 3.8) is 0 Å². The van der Waals surface area contributed by atoms with Gasteiger partial charge in [-0.2, -0.15) is 0 Å². The van der Waals surface area contributed by atoms with Crippen LogP contribution in [0.3, 0.4) is 0 Å². The third kappa shape index (κ3) is 5.21. The smallest absolute Gasteiger partial charge is 0.0678 e. The molecule has 1 fully saturated rings. The van der Waals surface area contributed by atoms with Gasteiger partial charge in [0.2, 0.25) is 0 Å². The Hall–Kier alpha value is 0.750. The SMILES string of the molecule is Cl.Cl.Cl.NNC1COC1. The monoisotopic (exact) mass is 196 g/mol. The van der Waals surface area contributed by atoms with Crippen molar-refractivity contribution in [3.8, 4) is 0 Å². The summed E-state index contributed by atoms with van der Waals surface area (Å²) in [6.45, 7) is 1.55. The number of nitrogens with one attached hydrogen (secondary N) is 1. The van der Waals surface area contributed by atoms with Gasteiger partial charge in [-0.3, -0.25) is 11.3 Å². The molecule has 1 rings (SSSR count). The molecule has 0 atom stereocenters. The molecule has 0 unspecified atom stereocenters. The van der Waals surface area contributed by atoms with Crippen molar-refractivity contribution in [2.45, 2.75) is 6.04 Å². The standard InChI is InChI=1S/C3H8N2O.3ClH/c4-5-3-1-6-2-3;;;/h3,5H,1-2,4H2;3*1H. The summed E-state index contributed by atoms with van der Waals surface area (Å²) in [4.78, 5) is 0. The molecule has 60 valence electrons. The first kappa shape index (κ1) is 16.4. The summed E-state index contributed by atoms with van der Waals surface area (Å²) in [7, 11) is 0. The van der Waals surface area contributed by atoms with E-state index in [1.54, 1.807) is 0 Å². The Bertz CT molecular complexity index is 49.6. The van der Waals surface area contributed by atoms with E-state index in [1.807, 2.05) is 0 Å². The first-order valence-electron chi connectivity index (χ1n) is 1.97. The third-order valence-electron chi connectivity index (χ3n) is 0.874. The molecule has 0 aromatic carbocycles. The van der Waals surface area contributed by atoms with Crippen molar-refractivity contribution in [2.75, 3.05) is 13.2 Å². The van der Waals surface area contributed by atoms with Crippen molar-refractivity contribution in [2.24, 2.45) is 5.84 Å². The van der Waals surface area contributed by atoms with Gasteiger partial charge >= 0.3 is 0 Å². The van der Waals surface area contributed by atoms with Crippen molar-refractivity contribution in [1.82, 2.24) is 5.43 Å². The van der Waals surface area contributed by atoms with E-state index in [2.05, 4.69) is 5.43 Å². The Morgan fingerprint density at radius 2 is 1.67 bits per heavy atom. The highest BCUT2D eigenvalue weighted by molar-refractivity contribution is 5.86. The van der Waals surface area contributed by atoms with Crippen LogP contribution in [0.5, 0.6) is 0 Å². The zero-order chi connectivity index (χ0) is 4.41. The largest absolute Gasteiger partial charge is 0.378 e. The lowest BCUT2D eigenvalue weighted by Gasteiger charge is -2.24. The molecule has 1 aliphatic rings. The van der Waals surface area contributed by atoms with E-state index in [1.165, 1.54) is 0 Å². The maximum Gasteiger partial charge on any atom is 0.0678 e. The Labute approximate surface area is 72.9 Å². The fraction of sp³-hybridized carbons (Fsp3) is 1.00. The highest BCUT2D eigenvalue weighted by atomic mass is 35.5. The Balaban J connectivity index is -0.000000120. The molecule has 3 nitrogen and oxygen atoms in total. The number of halogens is 3. The maximum absolute atomic E-state index is 5.00. The molecule has 6 heteroatoms. The van der Waals surface area contributed by atoms with Gasteiger partial charge in [-0.05, 0) is 0 Å². The predicted molar refractivity (Wildman–Crippen MR) is 43.7 cm³/mol. The van der Waals surface area contributed by atoms with Crippen LogP contribution in [-0.4, -0.2) is 19.3 Å². The molecule has 0 spiro atoms. The Morgan fingerprint density at radius 3 is 1.67 bits per heavy atom. The van der Waals surface area contributed by atoms with Crippen LogP contribution in [0.15, 0.2) is 0 Å². The topological polar surface area (TPSA) is 47.3 Å². The fourth-order valence-corrected chi connectivity index (χ4v) is 0.332. The number of hydrazine groups is 1. The van der Waals surface area contributed by atoms with E-state index < -0.39 is 0 Å². The van der Waals surface area contributed by atoms with Crippen molar-refractivity contribution in [1.29, 1.82) is 0 Å². The minimum Gasteiger partial charge on any atom is -0.378 e. The van der Waals surface area contributed by atoms with Crippen LogP contribution in [0.4, 0.5) is 0 Å². The average Bonchev–Trinajstić information content (AvgIpc) is 1.31. The van der Waals surface area contributed by atoms with Gasteiger partial charge in [0.1, 0.15) is 0 Å². The summed E-state index contributed by atoms with van der Waals surface area (Å²) >= 11 is 0. The van der Waals surface area contributed by atoms with Gasteiger partial charge in [0.25, 0.3) is 0 Å². The van der Waals surface area contributed by atoms with Crippen molar-refractivity contribution < 1.29 is 4.74 Å². The number of ether oxygens (including phenoxy) is 1. The van der Waals surface area contributed by atoms with Gasteiger partial charge in [0.05, 0.1) is 19.3 Å². The normalized spacial score (nSPS) is 15.7. The number of nitrogens with two attached hydrogens (primary N) is 1.